The molecule has 1 aliphatic rings. The van der Waals surface area contributed by atoms with E-state index in [1.165, 1.54) is 39.9 Å². The minimum absolute atomic E-state index is 0.166. The van der Waals surface area contributed by atoms with E-state index >= 15 is 0 Å². The van der Waals surface area contributed by atoms with Crippen LogP contribution < -0.4 is 10.2 Å². The smallest absolute Gasteiger partial charge is 0.282 e. The van der Waals surface area contributed by atoms with Gasteiger partial charge in [0, 0.05) is 5.69 Å². The molecular formula is C17H21FN3O3S2+. The average molecular weight is 399 g/mol. The van der Waals surface area contributed by atoms with Crippen molar-refractivity contribution < 1.29 is 22.5 Å². The molecule has 2 aromatic rings. The van der Waals surface area contributed by atoms with Crippen LogP contribution in [0.15, 0.2) is 46.0 Å². The molecule has 0 aliphatic carbocycles. The molecule has 140 valence electrons. The minimum atomic E-state index is -3.44. The number of amides is 1. The summed E-state index contributed by atoms with van der Waals surface area (Å²) < 4.78 is 39.9. The van der Waals surface area contributed by atoms with Gasteiger partial charge in [0.05, 0.1) is 26.2 Å². The maximum Gasteiger partial charge on any atom is 0.282 e. The largest absolute Gasteiger partial charge is 0.323 e. The summed E-state index contributed by atoms with van der Waals surface area (Å²) in [5.74, 6) is -0.522. The molecule has 1 atom stereocenters. The maximum absolute atomic E-state index is 12.9. The molecule has 0 saturated carbocycles. The number of carbonyl (C=O) groups is 1. The average Bonchev–Trinajstić information content (AvgIpc) is 3.18. The Morgan fingerprint density at radius 1 is 1.23 bits per heavy atom. The highest BCUT2D eigenvalue weighted by Gasteiger charge is 2.34. The number of piperazine rings is 1. The van der Waals surface area contributed by atoms with Crippen molar-refractivity contribution in [2.45, 2.75) is 17.2 Å². The summed E-state index contributed by atoms with van der Waals surface area (Å²) >= 11 is 1.21. The molecule has 1 fully saturated rings. The summed E-state index contributed by atoms with van der Waals surface area (Å²) in [6.45, 7) is 3.69. The van der Waals surface area contributed by atoms with Crippen molar-refractivity contribution in [1.29, 1.82) is 0 Å². The molecular weight excluding hydrogens is 377 g/mol. The van der Waals surface area contributed by atoms with Gasteiger partial charge in [0.25, 0.3) is 15.9 Å². The quantitative estimate of drug-likeness (QED) is 0.783. The molecule has 0 unspecified atom stereocenters. The highest BCUT2D eigenvalue weighted by molar-refractivity contribution is 7.91. The van der Waals surface area contributed by atoms with Gasteiger partial charge >= 0.3 is 0 Å². The van der Waals surface area contributed by atoms with E-state index in [1.807, 2.05) is 6.92 Å². The van der Waals surface area contributed by atoms with Gasteiger partial charge in [-0.2, -0.15) is 4.31 Å². The third-order valence-corrected chi connectivity index (χ3v) is 7.84. The predicted octanol–water partition coefficient (Wildman–Crippen LogP) is 0.804. The van der Waals surface area contributed by atoms with E-state index in [4.69, 9.17) is 0 Å². The number of anilines is 1. The summed E-state index contributed by atoms with van der Waals surface area (Å²) in [5.41, 5.74) is 0.543. The van der Waals surface area contributed by atoms with Crippen LogP contribution >= 0.6 is 11.3 Å². The Hall–Kier alpha value is -1.81. The number of thiophene rings is 1. The van der Waals surface area contributed by atoms with E-state index in [-0.39, 0.29) is 17.8 Å². The van der Waals surface area contributed by atoms with Crippen LogP contribution in [0.1, 0.15) is 6.92 Å². The third-order valence-electron chi connectivity index (χ3n) is 4.57. The first-order chi connectivity index (χ1) is 12.4. The predicted molar refractivity (Wildman–Crippen MR) is 98.3 cm³/mol. The van der Waals surface area contributed by atoms with Crippen LogP contribution in [0.5, 0.6) is 0 Å². The molecule has 0 bridgehead atoms. The first kappa shape index (κ1) is 19.0. The van der Waals surface area contributed by atoms with E-state index in [1.54, 1.807) is 17.5 Å². The highest BCUT2D eigenvalue weighted by Crippen LogP contribution is 2.20. The van der Waals surface area contributed by atoms with Gasteiger partial charge in [-0.3, -0.25) is 4.79 Å². The number of nitrogens with one attached hydrogen (secondary N) is 2. The Kier molecular flexibility index (Phi) is 5.71. The SMILES string of the molecule is C[C@H](C(=O)Nc1ccc(F)cc1)[NH+]1CCN(S(=O)(=O)c2cccs2)CC1. The molecule has 1 aromatic heterocycles. The van der Waals surface area contributed by atoms with Crippen LogP contribution in [0.2, 0.25) is 0 Å². The van der Waals surface area contributed by atoms with Gasteiger partial charge < -0.3 is 10.2 Å². The third kappa shape index (κ3) is 4.12. The van der Waals surface area contributed by atoms with Crippen LogP contribution in [0.25, 0.3) is 0 Å². The summed E-state index contributed by atoms with van der Waals surface area (Å²) in [6, 6.07) is 8.62. The first-order valence-electron chi connectivity index (χ1n) is 8.32. The lowest BCUT2D eigenvalue weighted by Gasteiger charge is -2.33. The Morgan fingerprint density at radius 3 is 2.46 bits per heavy atom. The zero-order chi connectivity index (χ0) is 18.7. The van der Waals surface area contributed by atoms with Crippen molar-refractivity contribution in [3.8, 4) is 0 Å². The monoisotopic (exact) mass is 398 g/mol. The number of hydrogen-bond acceptors (Lipinski definition) is 4. The number of carbonyl (C=O) groups excluding carboxylic acids is 1. The van der Waals surface area contributed by atoms with Crippen molar-refractivity contribution in [3.63, 3.8) is 0 Å². The number of benzene rings is 1. The van der Waals surface area contributed by atoms with Gasteiger partial charge in [0.1, 0.15) is 10.0 Å². The van der Waals surface area contributed by atoms with Crippen LogP contribution in [0, 0.1) is 5.82 Å². The number of hydrogen-bond donors (Lipinski definition) is 2. The molecule has 26 heavy (non-hydrogen) atoms. The van der Waals surface area contributed by atoms with Gasteiger partial charge in [0.15, 0.2) is 6.04 Å². The molecule has 9 heteroatoms. The van der Waals surface area contributed by atoms with E-state index in [2.05, 4.69) is 5.32 Å². The van der Waals surface area contributed by atoms with Crippen molar-refractivity contribution in [3.05, 3.63) is 47.6 Å². The lowest BCUT2D eigenvalue weighted by atomic mass is 10.2. The minimum Gasteiger partial charge on any atom is -0.323 e. The molecule has 1 aromatic carbocycles. The summed E-state index contributed by atoms with van der Waals surface area (Å²) in [4.78, 5) is 13.4. The fourth-order valence-corrected chi connectivity index (χ4v) is 5.54. The number of nitrogens with zero attached hydrogens (tertiary/aromatic N) is 1. The van der Waals surface area contributed by atoms with Gasteiger partial charge in [-0.1, -0.05) is 6.07 Å². The van der Waals surface area contributed by atoms with Crippen molar-refractivity contribution in [2.24, 2.45) is 0 Å². The molecule has 3 rings (SSSR count). The maximum atomic E-state index is 12.9. The first-order valence-corrected chi connectivity index (χ1v) is 10.6. The lowest BCUT2D eigenvalue weighted by Crippen LogP contribution is -3.19. The fourth-order valence-electron chi connectivity index (χ4n) is 2.95. The van der Waals surface area contributed by atoms with Crippen LogP contribution in [0.4, 0.5) is 10.1 Å². The Morgan fingerprint density at radius 2 is 1.88 bits per heavy atom. The summed E-state index contributed by atoms with van der Waals surface area (Å²) in [5, 5.41) is 4.52. The second kappa shape index (κ2) is 7.83. The summed E-state index contributed by atoms with van der Waals surface area (Å²) in [6.07, 6.45) is 0. The molecule has 2 N–H and O–H groups in total. The van der Waals surface area contributed by atoms with E-state index in [9.17, 15) is 17.6 Å². The number of halogens is 1. The van der Waals surface area contributed by atoms with Crippen LogP contribution in [-0.2, 0) is 14.8 Å². The second-order valence-corrected chi connectivity index (χ2v) is 9.32. The van der Waals surface area contributed by atoms with Gasteiger partial charge in [-0.05, 0) is 42.6 Å². The highest BCUT2D eigenvalue weighted by atomic mass is 32.2. The van der Waals surface area contributed by atoms with E-state index in [0.717, 1.165) is 4.90 Å². The van der Waals surface area contributed by atoms with Crippen LogP contribution in [-0.4, -0.2) is 50.9 Å². The molecule has 0 radical (unpaired) electrons. The Bertz CT molecular complexity index is 846. The van der Waals surface area contributed by atoms with Crippen molar-refractivity contribution in [2.75, 3.05) is 31.5 Å². The molecule has 0 spiro atoms. The number of sulfonamides is 1. The van der Waals surface area contributed by atoms with Gasteiger partial charge in [-0.15, -0.1) is 11.3 Å². The normalized spacial score (nSPS) is 17.8. The second-order valence-electron chi connectivity index (χ2n) is 6.21. The standard InChI is InChI=1S/C17H20FN3O3S2/c1-13(17(22)19-15-6-4-14(18)5-7-15)20-8-10-21(11-9-20)26(23,24)16-3-2-12-25-16/h2-7,12-13H,8-11H2,1H3,(H,19,22)/p+1/t13-/m1/s1. The Balaban J connectivity index is 1.57. The molecule has 1 amide bonds. The van der Waals surface area contributed by atoms with Gasteiger partial charge in [0.2, 0.25) is 0 Å². The zero-order valence-electron chi connectivity index (χ0n) is 14.3. The molecule has 1 saturated heterocycles. The van der Waals surface area contributed by atoms with E-state index < -0.39 is 10.0 Å². The van der Waals surface area contributed by atoms with Crippen LogP contribution in [0.3, 0.4) is 0 Å². The Labute approximate surface area is 156 Å². The van der Waals surface area contributed by atoms with E-state index in [0.29, 0.717) is 36.1 Å². The molecule has 6 nitrogen and oxygen atoms in total. The van der Waals surface area contributed by atoms with Gasteiger partial charge in [-0.25, -0.2) is 12.8 Å². The number of quaternary nitrogens is 1. The lowest BCUT2D eigenvalue weighted by molar-refractivity contribution is -0.917. The molecule has 2 heterocycles. The summed E-state index contributed by atoms with van der Waals surface area (Å²) in [7, 11) is -3.44. The van der Waals surface area contributed by atoms with Crippen molar-refractivity contribution in [1.82, 2.24) is 4.31 Å². The fraction of sp³-hybridized carbons (Fsp3) is 0.353. The number of rotatable bonds is 5. The topological polar surface area (TPSA) is 70.9 Å². The zero-order valence-corrected chi connectivity index (χ0v) is 15.9. The molecule has 1 aliphatic heterocycles. The van der Waals surface area contributed by atoms with Crippen molar-refractivity contribution >= 4 is 33.0 Å².